The van der Waals surface area contributed by atoms with Crippen molar-refractivity contribution < 1.29 is 19.0 Å². The van der Waals surface area contributed by atoms with Crippen LogP contribution in [0.15, 0.2) is 42.6 Å². The molecule has 0 saturated heterocycles. The second-order valence-electron chi connectivity index (χ2n) is 6.80. The fourth-order valence-electron chi connectivity index (χ4n) is 3.13. The van der Waals surface area contributed by atoms with Crippen LogP contribution in [0.4, 0.5) is 0 Å². The molecular weight excluding hydrogens is 344 g/mol. The number of rotatable bonds is 7. The van der Waals surface area contributed by atoms with Gasteiger partial charge in [0.15, 0.2) is 6.61 Å². The number of ether oxygens (including phenoxy) is 3. The van der Waals surface area contributed by atoms with E-state index in [1.807, 2.05) is 37.4 Å². The summed E-state index contributed by atoms with van der Waals surface area (Å²) in [6, 6.07) is 11.3. The molecule has 0 atom stereocenters. The maximum atomic E-state index is 12.1. The van der Waals surface area contributed by atoms with Crippen molar-refractivity contribution in [2.45, 2.75) is 44.8 Å². The first kappa shape index (κ1) is 19.0. The number of carbonyl (C=O) groups excluding carboxylic acids is 1. The average molecular weight is 370 g/mol. The number of pyridine rings is 1. The number of amides is 1. The molecule has 6 heteroatoms. The Morgan fingerprint density at radius 2 is 1.93 bits per heavy atom. The number of nitrogens with zero attached hydrogens (tertiary/aromatic N) is 1. The van der Waals surface area contributed by atoms with Gasteiger partial charge in [0.05, 0.1) is 7.11 Å². The summed E-state index contributed by atoms with van der Waals surface area (Å²) in [5, 5.41) is 3.04. The first-order valence-electron chi connectivity index (χ1n) is 9.28. The third-order valence-corrected chi connectivity index (χ3v) is 4.62. The van der Waals surface area contributed by atoms with Gasteiger partial charge in [-0.2, -0.15) is 0 Å². The van der Waals surface area contributed by atoms with E-state index in [2.05, 4.69) is 10.3 Å². The molecule has 1 aromatic carbocycles. The van der Waals surface area contributed by atoms with E-state index in [1.165, 1.54) is 0 Å². The molecule has 0 aliphatic heterocycles. The topological polar surface area (TPSA) is 69.7 Å². The molecule has 1 saturated carbocycles. The van der Waals surface area contributed by atoms with E-state index in [0.29, 0.717) is 17.4 Å². The lowest BCUT2D eigenvalue weighted by Crippen LogP contribution is -2.41. The van der Waals surface area contributed by atoms with Crippen molar-refractivity contribution in [2.24, 2.45) is 0 Å². The predicted octanol–water partition coefficient (Wildman–Crippen LogP) is 3.28. The second-order valence-corrected chi connectivity index (χ2v) is 6.80. The van der Waals surface area contributed by atoms with Gasteiger partial charge in [-0.25, -0.2) is 4.98 Å². The zero-order valence-corrected chi connectivity index (χ0v) is 15.8. The Bertz CT molecular complexity index is 740. The van der Waals surface area contributed by atoms with Crippen LogP contribution in [0.5, 0.6) is 17.4 Å². The van der Waals surface area contributed by atoms with Crippen LogP contribution in [0.2, 0.25) is 0 Å². The van der Waals surface area contributed by atoms with Gasteiger partial charge in [-0.3, -0.25) is 4.79 Å². The lowest BCUT2D eigenvalue weighted by molar-refractivity contribution is -0.124. The maximum Gasteiger partial charge on any atom is 0.258 e. The zero-order valence-electron chi connectivity index (χ0n) is 15.8. The number of methoxy groups -OCH3 is 1. The second kappa shape index (κ2) is 9.26. The van der Waals surface area contributed by atoms with E-state index in [1.54, 1.807) is 19.2 Å². The van der Waals surface area contributed by atoms with Crippen LogP contribution in [0.1, 0.15) is 31.2 Å². The molecule has 1 fully saturated rings. The van der Waals surface area contributed by atoms with E-state index in [-0.39, 0.29) is 24.7 Å². The number of carbonyl (C=O) groups is 1. The fourth-order valence-corrected chi connectivity index (χ4v) is 3.13. The summed E-state index contributed by atoms with van der Waals surface area (Å²) in [7, 11) is 1.60. The van der Waals surface area contributed by atoms with E-state index >= 15 is 0 Å². The normalized spacial score (nSPS) is 19.2. The fraction of sp³-hybridized carbons (Fsp3) is 0.429. The summed E-state index contributed by atoms with van der Waals surface area (Å²) >= 11 is 0. The Morgan fingerprint density at radius 1 is 1.15 bits per heavy atom. The number of aryl methyl sites for hydroxylation is 1. The first-order valence-corrected chi connectivity index (χ1v) is 9.28. The van der Waals surface area contributed by atoms with Gasteiger partial charge in [0.25, 0.3) is 5.91 Å². The van der Waals surface area contributed by atoms with Crippen molar-refractivity contribution in [1.82, 2.24) is 10.3 Å². The first-order chi connectivity index (χ1) is 13.1. The summed E-state index contributed by atoms with van der Waals surface area (Å²) in [4.78, 5) is 16.4. The molecule has 0 spiro atoms. The predicted molar refractivity (Wildman–Crippen MR) is 102 cm³/mol. The van der Waals surface area contributed by atoms with Crippen molar-refractivity contribution in [3.63, 3.8) is 0 Å². The molecule has 0 radical (unpaired) electrons. The highest BCUT2D eigenvalue weighted by Gasteiger charge is 2.24. The van der Waals surface area contributed by atoms with Crippen molar-refractivity contribution >= 4 is 5.91 Å². The van der Waals surface area contributed by atoms with Crippen molar-refractivity contribution in [3.8, 4) is 17.4 Å². The monoisotopic (exact) mass is 370 g/mol. The molecule has 1 amide bonds. The molecule has 1 N–H and O–H groups in total. The molecule has 1 heterocycles. The van der Waals surface area contributed by atoms with Crippen LogP contribution < -0.4 is 19.5 Å². The highest BCUT2D eigenvalue weighted by Crippen LogP contribution is 2.23. The molecule has 0 bridgehead atoms. The van der Waals surface area contributed by atoms with Crippen LogP contribution in [-0.4, -0.2) is 36.8 Å². The Labute approximate surface area is 159 Å². The van der Waals surface area contributed by atoms with E-state index < -0.39 is 0 Å². The molecule has 1 aliphatic rings. The van der Waals surface area contributed by atoms with Gasteiger partial charge in [0.1, 0.15) is 17.6 Å². The third kappa shape index (κ3) is 5.88. The number of nitrogens with one attached hydrogen (secondary N) is 1. The van der Waals surface area contributed by atoms with Crippen LogP contribution in [0, 0.1) is 6.92 Å². The van der Waals surface area contributed by atoms with Gasteiger partial charge >= 0.3 is 0 Å². The molecule has 1 aliphatic carbocycles. The third-order valence-electron chi connectivity index (χ3n) is 4.62. The molecule has 6 nitrogen and oxygen atoms in total. The Morgan fingerprint density at radius 3 is 2.63 bits per heavy atom. The SMILES string of the molecule is COc1cccc(OCC(=O)NC2CCC(Oc3ccc(C)cn3)CC2)c1. The van der Waals surface area contributed by atoms with E-state index in [4.69, 9.17) is 14.2 Å². The number of hydrogen-bond acceptors (Lipinski definition) is 5. The minimum absolute atomic E-state index is 0.00309. The number of aromatic nitrogens is 1. The molecule has 3 rings (SSSR count). The van der Waals surface area contributed by atoms with Crippen molar-refractivity contribution in [1.29, 1.82) is 0 Å². The Balaban J connectivity index is 1.38. The van der Waals surface area contributed by atoms with Gasteiger partial charge in [0.2, 0.25) is 5.88 Å². The summed E-state index contributed by atoms with van der Waals surface area (Å²) in [5.74, 6) is 1.88. The molecule has 27 heavy (non-hydrogen) atoms. The lowest BCUT2D eigenvalue weighted by atomic mass is 9.93. The smallest absolute Gasteiger partial charge is 0.258 e. The summed E-state index contributed by atoms with van der Waals surface area (Å²) in [5.41, 5.74) is 1.12. The summed E-state index contributed by atoms with van der Waals surface area (Å²) in [6.45, 7) is 2.00. The van der Waals surface area contributed by atoms with E-state index in [0.717, 1.165) is 31.2 Å². The molecule has 0 unspecified atom stereocenters. The molecule has 2 aromatic rings. The standard InChI is InChI=1S/C21H26N2O4/c1-15-6-11-21(22-13-15)27-17-9-7-16(8-10-17)23-20(24)14-26-19-5-3-4-18(12-19)25-2/h3-6,11-13,16-17H,7-10,14H2,1-2H3,(H,23,24). The maximum absolute atomic E-state index is 12.1. The van der Waals surface area contributed by atoms with Crippen molar-refractivity contribution in [2.75, 3.05) is 13.7 Å². The quantitative estimate of drug-likeness (QED) is 0.810. The van der Waals surface area contributed by atoms with Crippen LogP contribution >= 0.6 is 0 Å². The average Bonchev–Trinajstić information content (AvgIpc) is 2.70. The van der Waals surface area contributed by atoms with Gasteiger partial charge in [0, 0.05) is 24.4 Å². The minimum atomic E-state index is -0.109. The Hall–Kier alpha value is -2.76. The van der Waals surface area contributed by atoms with Gasteiger partial charge in [-0.1, -0.05) is 12.1 Å². The van der Waals surface area contributed by atoms with Gasteiger partial charge in [-0.15, -0.1) is 0 Å². The highest BCUT2D eigenvalue weighted by atomic mass is 16.5. The zero-order chi connectivity index (χ0) is 19.1. The van der Waals surface area contributed by atoms with Gasteiger partial charge in [-0.05, 0) is 50.3 Å². The van der Waals surface area contributed by atoms with Crippen LogP contribution in [-0.2, 0) is 4.79 Å². The van der Waals surface area contributed by atoms with Gasteiger partial charge < -0.3 is 19.5 Å². The highest BCUT2D eigenvalue weighted by molar-refractivity contribution is 5.77. The molecule has 144 valence electrons. The van der Waals surface area contributed by atoms with E-state index in [9.17, 15) is 4.79 Å². The lowest BCUT2D eigenvalue weighted by Gasteiger charge is -2.29. The van der Waals surface area contributed by atoms with Crippen molar-refractivity contribution in [3.05, 3.63) is 48.2 Å². The molecular formula is C21H26N2O4. The minimum Gasteiger partial charge on any atom is -0.497 e. The number of benzene rings is 1. The Kier molecular flexibility index (Phi) is 6.52. The van der Waals surface area contributed by atoms with Crippen LogP contribution in [0.3, 0.4) is 0 Å². The summed E-state index contributed by atoms with van der Waals surface area (Å²) in [6.07, 6.45) is 5.54. The number of hydrogen-bond donors (Lipinski definition) is 1. The summed E-state index contributed by atoms with van der Waals surface area (Å²) < 4.78 is 16.6. The van der Waals surface area contributed by atoms with Crippen LogP contribution in [0.25, 0.3) is 0 Å². The largest absolute Gasteiger partial charge is 0.497 e. The molecule has 1 aromatic heterocycles.